The van der Waals surface area contributed by atoms with Gasteiger partial charge >= 0.3 is 12.6 Å². The topological polar surface area (TPSA) is 66.8 Å². The second-order valence-electron chi connectivity index (χ2n) is 2.92. The molecular formula is C9H6F4O4. The molecule has 0 aliphatic heterocycles. The van der Waals surface area contributed by atoms with Crippen LogP contribution in [-0.2, 0) is 4.79 Å². The van der Waals surface area contributed by atoms with Crippen LogP contribution in [0.4, 0.5) is 17.6 Å². The van der Waals surface area contributed by atoms with Gasteiger partial charge in [-0.3, -0.25) is 0 Å². The average Bonchev–Trinajstić information content (AvgIpc) is 2.14. The summed E-state index contributed by atoms with van der Waals surface area (Å²) in [4.78, 5) is 10.3. The van der Waals surface area contributed by atoms with Crippen molar-refractivity contribution < 1.29 is 37.3 Å². The van der Waals surface area contributed by atoms with Gasteiger partial charge in [0.2, 0.25) is 0 Å². The summed E-state index contributed by atoms with van der Waals surface area (Å²) in [5, 5.41) is 17.3. The van der Waals surface area contributed by atoms with Crippen molar-refractivity contribution in [2.75, 3.05) is 0 Å². The van der Waals surface area contributed by atoms with Gasteiger partial charge in [0.15, 0.2) is 6.10 Å². The Morgan fingerprint density at radius 2 is 1.71 bits per heavy atom. The van der Waals surface area contributed by atoms with E-state index in [2.05, 4.69) is 4.74 Å². The summed E-state index contributed by atoms with van der Waals surface area (Å²) in [5.74, 6) is -5.66. The van der Waals surface area contributed by atoms with Gasteiger partial charge in [0.1, 0.15) is 17.4 Å². The number of carbonyl (C=O) groups is 1. The molecule has 17 heavy (non-hydrogen) atoms. The predicted octanol–water partition coefficient (Wildman–Crippen LogP) is 1.68. The monoisotopic (exact) mass is 254 g/mol. The molecular weight excluding hydrogens is 248 g/mol. The van der Waals surface area contributed by atoms with Gasteiger partial charge in [0.05, 0.1) is 5.56 Å². The van der Waals surface area contributed by atoms with E-state index in [0.29, 0.717) is 12.1 Å². The molecule has 0 aromatic heterocycles. The first-order valence-electron chi connectivity index (χ1n) is 4.17. The fourth-order valence-electron chi connectivity index (χ4n) is 1.12. The van der Waals surface area contributed by atoms with Crippen LogP contribution in [0.5, 0.6) is 5.75 Å². The number of aliphatic hydroxyl groups is 1. The maximum Gasteiger partial charge on any atom is 0.387 e. The Hall–Kier alpha value is -1.83. The third-order valence-corrected chi connectivity index (χ3v) is 1.79. The van der Waals surface area contributed by atoms with Crippen LogP contribution in [-0.4, -0.2) is 22.8 Å². The Kier molecular flexibility index (Phi) is 3.89. The first-order valence-corrected chi connectivity index (χ1v) is 4.17. The van der Waals surface area contributed by atoms with E-state index in [9.17, 15) is 22.4 Å². The molecule has 0 spiro atoms. The van der Waals surface area contributed by atoms with E-state index in [4.69, 9.17) is 10.2 Å². The molecule has 0 saturated carbocycles. The molecule has 1 rings (SSSR count). The Balaban J connectivity index is 3.14. The minimum atomic E-state index is -3.27. The predicted molar refractivity (Wildman–Crippen MR) is 45.6 cm³/mol. The first kappa shape index (κ1) is 13.2. The molecule has 0 saturated heterocycles. The molecule has 0 radical (unpaired) electrons. The molecule has 0 bridgehead atoms. The van der Waals surface area contributed by atoms with Crippen LogP contribution in [0, 0.1) is 11.6 Å². The van der Waals surface area contributed by atoms with Crippen molar-refractivity contribution in [1.82, 2.24) is 0 Å². The molecule has 1 unspecified atom stereocenters. The lowest BCUT2D eigenvalue weighted by Crippen LogP contribution is -2.14. The third kappa shape index (κ3) is 3.06. The molecule has 0 amide bonds. The maximum atomic E-state index is 13.2. The Bertz CT molecular complexity index is 412. The number of hydrogen-bond acceptors (Lipinski definition) is 3. The van der Waals surface area contributed by atoms with Gasteiger partial charge in [-0.05, 0) is 0 Å². The van der Waals surface area contributed by atoms with E-state index in [1.54, 1.807) is 0 Å². The molecule has 4 nitrogen and oxygen atoms in total. The average molecular weight is 254 g/mol. The molecule has 0 fully saturated rings. The van der Waals surface area contributed by atoms with E-state index < -0.39 is 41.6 Å². The lowest BCUT2D eigenvalue weighted by Gasteiger charge is -2.11. The number of ether oxygens (including phenoxy) is 1. The van der Waals surface area contributed by atoms with Gasteiger partial charge in [0.25, 0.3) is 0 Å². The fraction of sp³-hybridized carbons (Fsp3) is 0.222. The molecule has 0 heterocycles. The van der Waals surface area contributed by atoms with Crippen molar-refractivity contribution in [1.29, 1.82) is 0 Å². The molecule has 94 valence electrons. The van der Waals surface area contributed by atoms with E-state index in [1.807, 2.05) is 0 Å². The molecule has 2 N–H and O–H groups in total. The van der Waals surface area contributed by atoms with Gasteiger partial charge in [-0.1, -0.05) is 0 Å². The Labute approximate surface area is 92.1 Å². The van der Waals surface area contributed by atoms with Crippen LogP contribution in [0.25, 0.3) is 0 Å². The van der Waals surface area contributed by atoms with Crippen LogP contribution in [0.1, 0.15) is 11.7 Å². The third-order valence-electron chi connectivity index (χ3n) is 1.79. The first-order chi connectivity index (χ1) is 7.82. The zero-order valence-corrected chi connectivity index (χ0v) is 8.03. The van der Waals surface area contributed by atoms with Crippen LogP contribution >= 0.6 is 0 Å². The van der Waals surface area contributed by atoms with Crippen molar-refractivity contribution in [3.8, 4) is 5.75 Å². The number of alkyl halides is 2. The Morgan fingerprint density at radius 1 is 1.24 bits per heavy atom. The van der Waals surface area contributed by atoms with Gasteiger partial charge in [0, 0.05) is 12.1 Å². The highest BCUT2D eigenvalue weighted by Gasteiger charge is 2.25. The lowest BCUT2D eigenvalue weighted by atomic mass is 10.1. The second kappa shape index (κ2) is 5.00. The summed E-state index contributed by atoms with van der Waals surface area (Å²) < 4.78 is 53.6. The van der Waals surface area contributed by atoms with Crippen molar-refractivity contribution in [2.24, 2.45) is 0 Å². The highest BCUT2D eigenvalue weighted by molar-refractivity contribution is 5.74. The SMILES string of the molecule is O=C(O)C(O)c1c(F)cc(OC(F)F)cc1F. The highest BCUT2D eigenvalue weighted by Crippen LogP contribution is 2.26. The summed E-state index contributed by atoms with van der Waals surface area (Å²) in [7, 11) is 0. The number of aliphatic hydroxyl groups excluding tert-OH is 1. The van der Waals surface area contributed by atoms with Crippen molar-refractivity contribution in [3.63, 3.8) is 0 Å². The molecule has 1 aromatic rings. The van der Waals surface area contributed by atoms with Gasteiger partial charge in [-0.2, -0.15) is 8.78 Å². The van der Waals surface area contributed by atoms with E-state index in [1.165, 1.54) is 0 Å². The Morgan fingerprint density at radius 3 is 2.06 bits per heavy atom. The van der Waals surface area contributed by atoms with Gasteiger partial charge in [-0.25, -0.2) is 13.6 Å². The smallest absolute Gasteiger partial charge is 0.387 e. The van der Waals surface area contributed by atoms with E-state index >= 15 is 0 Å². The fourth-order valence-corrected chi connectivity index (χ4v) is 1.12. The highest BCUT2D eigenvalue weighted by atomic mass is 19.3. The summed E-state index contributed by atoms with van der Waals surface area (Å²) >= 11 is 0. The largest absolute Gasteiger partial charge is 0.479 e. The lowest BCUT2D eigenvalue weighted by molar-refractivity contribution is -0.147. The van der Waals surface area contributed by atoms with Crippen LogP contribution in [0.3, 0.4) is 0 Å². The van der Waals surface area contributed by atoms with Crippen LogP contribution in [0.2, 0.25) is 0 Å². The number of aliphatic carboxylic acids is 1. The van der Waals surface area contributed by atoms with E-state index in [0.717, 1.165) is 0 Å². The van der Waals surface area contributed by atoms with Gasteiger partial charge in [-0.15, -0.1) is 0 Å². The number of benzene rings is 1. The summed E-state index contributed by atoms with van der Waals surface area (Å²) in [6.07, 6.45) is -2.42. The van der Waals surface area contributed by atoms with Gasteiger partial charge < -0.3 is 14.9 Å². The number of halogens is 4. The van der Waals surface area contributed by atoms with Crippen molar-refractivity contribution in [2.45, 2.75) is 12.7 Å². The molecule has 1 aromatic carbocycles. The molecule has 0 aliphatic carbocycles. The summed E-state index contributed by atoms with van der Waals surface area (Å²) in [6.45, 7) is -3.27. The maximum absolute atomic E-state index is 13.2. The minimum absolute atomic E-state index is 0.358. The minimum Gasteiger partial charge on any atom is -0.479 e. The zero-order valence-electron chi connectivity index (χ0n) is 8.03. The number of rotatable bonds is 4. The number of carboxylic acids is 1. The number of carboxylic acid groups (broad SMARTS) is 1. The number of hydrogen-bond donors (Lipinski definition) is 2. The molecule has 0 aliphatic rings. The van der Waals surface area contributed by atoms with Crippen LogP contribution in [0.15, 0.2) is 12.1 Å². The molecule has 8 heteroatoms. The second-order valence-corrected chi connectivity index (χ2v) is 2.92. The van der Waals surface area contributed by atoms with E-state index in [-0.39, 0.29) is 0 Å². The molecule has 1 atom stereocenters. The zero-order chi connectivity index (χ0) is 13.2. The van der Waals surface area contributed by atoms with Crippen molar-refractivity contribution >= 4 is 5.97 Å². The van der Waals surface area contributed by atoms with Crippen molar-refractivity contribution in [3.05, 3.63) is 29.3 Å². The normalized spacial score (nSPS) is 12.6. The quantitative estimate of drug-likeness (QED) is 0.802. The summed E-state index contributed by atoms with van der Waals surface area (Å²) in [6, 6.07) is 0.716. The summed E-state index contributed by atoms with van der Waals surface area (Å²) in [5.41, 5.74) is -1.14. The van der Waals surface area contributed by atoms with Crippen LogP contribution < -0.4 is 4.74 Å². The standard InChI is InChI=1S/C9H6F4O4/c10-4-1-3(17-9(12)13)2-5(11)6(4)7(14)8(15)16/h1-2,7,9,14H,(H,15,16).